The Kier molecular flexibility index (Phi) is 4.45. The van der Waals surface area contributed by atoms with Crippen molar-refractivity contribution in [3.63, 3.8) is 0 Å². The maximum atomic E-state index is 6.14. The first-order valence-electron chi connectivity index (χ1n) is 7.34. The summed E-state index contributed by atoms with van der Waals surface area (Å²) in [5, 5.41) is 0. The first-order chi connectivity index (χ1) is 8.25. The van der Waals surface area contributed by atoms with Gasteiger partial charge in [0, 0.05) is 24.7 Å². The largest absolute Gasteiger partial charge is 0.378 e. The Hall–Kier alpha value is -0.120. The Bertz CT molecular complexity index is 240. The van der Waals surface area contributed by atoms with Crippen LogP contribution in [-0.4, -0.2) is 42.3 Å². The van der Waals surface area contributed by atoms with Gasteiger partial charge in [0.25, 0.3) is 0 Å². The summed E-state index contributed by atoms with van der Waals surface area (Å²) in [6.07, 6.45) is 7.83. The predicted molar refractivity (Wildman–Crippen MR) is 71.1 cm³/mol. The summed E-state index contributed by atoms with van der Waals surface area (Å²) in [7, 11) is 0. The fraction of sp³-hybridized carbons (Fsp3) is 1.00. The van der Waals surface area contributed by atoms with E-state index in [-0.39, 0.29) is 5.54 Å². The summed E-state index contributed by atoms with van der Waals surface area (Å²) in [6, 6.07) is 0.809. The molecule has 0 aromatic carbocycles. The van der Waals surface area contributed by atoms with E-state index in [9.17, 15) is 0 Å². The van der Waals surface area contributed by atoms with Crippen molar-refractivity contribution in [3.05, 3.63) is 0 Å². The summed E-state index contributed by atoms with van der Waals surface area (Å²) < 4.78 is 5.89. The van der Waals surface area contributed by atoms with Gasteiger partial charge >= 0.3 is 0 Å². The highest BCUT2D eigenvalue weighted by molar-refractivity contribution is 5.01. The third-order valence-corrected chi connectivity index (χ3v) is 4.46. The monoisotopic (exact) mass is 240 g/mol. The van der Waals surface area contributed by atoms with Crippen molar-refractivity contribution in [1.29, 1.82) is 0 Å². The van der Waals surface area contributed by atoms with Crippen LogP contribution >= 0.6 is 0 Å². The predicted octanol–water partition coefficient (Wildman–Crippen LogP) is 2.15. The molecule has 1 aliphatic carbocycles. The molecule has 0 radical (unpaired) electrons. The third-order valence-electron chi connectivity index (χ3n) is 4.46. The summed E-state index contributed by atoms with van der Waals surface area (Å²) in [5.41, 5.74) is 6.37. The van der Waals surface area contributed by atoms with Gasteiger partial charge in [0.2, 0.25) is 0 Å². The molecule has 3 heteroatoms. The van der Waals surface area contributed by atoms with Gasteiger partial charge in [0.15, 0.2) is 0 Å². The Morgan fingerprint density at radius 3 is 2.65 bits per heavy atom. The van der Waals surface area contributed by atoms with Gasteiger partial charge in [-0.2, -0.15) is 0 Å². The van der Waals surface area contributed by atoms with Gasteiger partial charge in [-0.25, -0.2) is 0 Å². The smallest absolute Gasteiger partial charge is 0.0593 e. The first kappa shape index (κ1) is 13.3. The standard InChI is InChI=1S/C14H28N2O/c1-3-5-13-10-14(11-15,8-9-17-13)16(4-2)12-6-7-12/h12-13H,3-11,15H2,1-2H3. The second-order valence-corrected chi connectivity index (χ2v) is 5.68. The van der Waals surface area contributed by atoms with Crippen LogP contribution in [0.1, 0.15) is 52.4 Å². The molecule has 0 aromatic rings. The first-order valence-corrected chi connectivity index (χ1v) is 7.34. The topological polar surface area (TPSA) is 38.5 Å². The van der Waals surface area contributed by atoms with Crippen molar-refractivity contribution in [2.45, 2.75) is 70.1 Å². The fourth-order valence-electron chi connectivity index (χ4n) is 3.44. The van der Waals surface area contributed by atoms with Crippen LogP contribution in [0.3, 0.4) is 0 Å². The van der Waals surface area contributed by atoms with Gasteiger partial charge < -0.3 is 10.5 Å². The lowest BCUT2D eigenvalue weighted by atomic mass is 9.83. The number of hydrogen-bond acceptors (Lipinski definition) is 3. The second-order valence-electron chi connectivity index (χ2n) is 5.68. The fourth-order valence-corrected chi connectivity index (χ4v) is 3.44. The quantitative estimate of drug-likeness (QED) is 0.773. The van der Waals surface area contributed by atoms with Crippen LogP contribution in [0.5, 0.6) is 0 Å². The molecule has 0 amide bonds. The molecule has 1 saturated carbocycles. The van der Waals surface area contributed by atoms with E-state index in [1.54, 1.807) is 0 Å². The van der Waals surface area contributed by atoms with Crippen molar-refractivity contribution in [2.24, 2.45) is 5.73 Å². The van der Waals surface area contributed by atoms with E-state index in [0.29, 0.717) is 6.10 Å². The maximum absolute atomic E-state index is 6.14. The van der Waals surface area contributed by atoms with E-state index in [1.807, 2.05) is 0 Å². The molecule has 1 heterocycles. The van der Waals surface area contributed by atoms with Gasteiger partial charge in [-0.3, -0.25) is 4.90 Å². The molecule has 1 aliphatic heterocycles. The van der Waals surface area contributed by atoms with Crippen LogP contribution in [0.15, 0.2) is 0 Å². The van der Waals surface area contributed by atoms with Crippen molar-refractivity contribution in [3.8, 4) is 0 Å². The molecule has 0 spiro atoms. The van der Waals surface area contributed by atoms with E-state index in [1.165, 1.54) is 25.7 Å². The lowest BCUT2D eigenvalue weighted by molar-refractivity contribution is -0.0752. The zero-order valence-corrected chi connectivity index (χ0v) is 11.5. The summed E-state index contributed by atoms with van der Waals surface area (Å²) >= 11 is 0. The molecule has 3 nitrogen and oxygen atoms in total. The Balaban J connectivity index is 2.05. The average Bonchev–Trinajstić information content (AvgIpc) is 3.15. The molecular formula is C14H28N2O. The molecule has 100 valence electrons. The van der Waals surface area contributed by atoms with E-state index in [2.05, 4.69) is 18.7 Å². The lowest BCUT2D eigenvalue weighted by Crippen LogP contribution is -2.59. The summed E-state index contributed by atoms with van der Waals surface area (Å²) in [5.74, 6) is 0. The van der Waals surface area contributed by atoms with Crippen LogP contribution in [0.2, 0.25) is 0 Å². The minimum absolute atomic E-state index is 0.230. The van der Waals surface area contributed by atoms with E-state index < -0.39 is 0 Å². The van der Waals surface area contributed by atoms with Crippen molar-refractivity contribution in [2.75, 3.05) is 19.7 Å². The van der Waals surface area contributed by atoms with Gasteiger partial charge in [-0.05, 0) is 38.6 Å². The molecule has 2 rings (SSSR count). The molecule has 2 unspecified atom stereocenters. The highest BCUT2D eigenvalue weighted by Crippen LogP contribution is 2.39. The highest BCUT2D eigenvalue weighted by atomic mass is 16.5. The number of hydrogen-bond donors (Lipinski definition) is 1. The SMILES string of the molecule is CCCC1CC(CN)(N(CC)C2CC2)CCO1. The van der Waals surface area contributed by atoms with Gasteiger partial charge in [0.05, 0.1) is 6.10 Å². The minimum Gasteiger partial charge on any atom is -0.378 e. The van der Waals surface area contributed by atoms with E-state index in [0.717, 1.165) is 38.6 Å². The van der Waals surface area contributed by atoms with Crippen LogP contribution in [-0.2, 0) is 4.74 Å². The zero-order valence-electron chi connectivity index (χ0n) is 11.5. The second kappa shape index (κ2) is 5.68. The lowest BCUT2D eigenvalue weighted by Gasteiger charge is -2.48. The Morgan fingerprint density at radius 1 is 1.35 bits per heavy atom. The molecule has 2 aliphatic rings. The molecule has 2 atom stereocenters. The number of nitrogens with zero attached hydrogens (tertiary/aromatic N) is 1. The summed E-state index contributed by atoms with van der Waals surface area (Å²) in [6.45, 7) is 7.34. The number of nitrogens with two attached hydrogens (primary N) is 1. The zero-order chi connectivity index (χ0) is 12.3. The molecule has 17 heavy (non-hydrogen) atoms. The average molecular weight is 240 g/mol. The van der Waals surface area contributed by atoms with Crippen LogP contribution < -0.4 is 5.73 Å². The maximum Gasteiger partial charge on any atom is 0.0593 e. The normalized spacial score (nSPS) is 34.2. The Morgan fingerprint density at radius 2 is 2.12 bits per heavy atom. The van der Waals surface area contributed by atoms with Crippen molar-refractivity contribution < 1.29 is 4.74 Å². The number of rotatable bonds is 6. The summed E-state index contributed by atoms with van der Waals surface area (Å²) in [4.78, 5) is 2.68. The molecule has 0 aromatic heterocycles. The molecular weight excluding hydrogens is 212 g/mol. The van der Waals surface area contributed by atoms with Crippen molar-refractivity contribution >= 4 is 0 Å². The van der Waals surface area contributed by atoms with Gasteiger partial charge in [0.1, 0.15) is 0 Å². The van der Waals surface area contributed by atoms with Crippen LogP contribution in [0, 0.1) is 0 Å². The third kappa shape index (κ3) is 2.83. The minimum atomic E-state index is 0.230. The molecule has 2 N–H and O–H groups in total. The van der Waals surface area contributed by atoms with E-state index >= 15 is 0 Å². The molecule has 0 bridgehead atoms. The highest BCUT2D eigenvalue weighted by Gasteiger charge is 2.45. The van der Waals surface area contributed by atoms with Crippen molar-refractivity contribution in [1.82, 2.24) is 4.90 Å². The molecule has 2 fully saturated rings. The van der Waals surface area contributed by atoms with Gasteiger partial charge in [-0.15, -0.1) is 0 Å². The number of ether oxygens (including phenoxy) is 1. The molecule has 1 saturated heterocycles. The number of likely N-dealkylation sites (N-methyl/N-ethyl adjacent to an activating group) is 1. The van der Waals surface area contributed by atoms with Crippen LogP contribution in [0.25, 0.3) is 0 Å². The Labute approximate surface area is 106 Å². The van der Waals surface area contributed by atoms with E-state index in [4.69, 9.17) is 10.5 Å². The van der Waals surface area contributed by atoms with Crippen LogP contribution in [0.4, 0.5) is 0 Å². The van der Waals surface area contributed by atoms with Gasteiger partial charge in [-0.1, -0.05) is 20.3 Å².